The lowest BCUT2D eigenvalue weighted by atomic mass is 10.1. The highest BCUT2D eigenvalue weighted by atomic mass is 16.5. The Morgan fingerprint density at radius 3 is 2.60 bits per heavy atom. The first kappa shape index (κ1) is 12.4. The van der Waals surface area contributed by atoms with Crippen molar-refractivity contribution >= 4 is 17.2 Å². The van der Waals surface area contributed by atoms with Crippen molar-refractivity contribution in [2.45, 2.75) is 6.92 Å². The maximum Gasteiger partial charge on any atom is 0.230 e. The van der Waals surface area contributed by atoms with E-state index in [1.54, 1.807) is 6.07 Å². The number of aryl methyl sites for hydroxylation is 1. The fourth-order valence-corrected chi connectivity index (χ4v) is 2.06. The summed E-state index contributed by atoms with van der Waals surface area (Å²) in [7, 11) is 0. The molecule has 0 bridgehead atoms. The van der Waals surface area contributed by atoms with Crippen LogP contribution in [0.2, 0.25) is 0 Å². The number of carbonyl (C=O) groups is 1. The van der Waals surface area contributed by atoms with Gasteiger partial charge in [0.15, 0.2) is 6.29 Å². The summed E-state index contributed by atoms with van der Waals surface area (Å²) in [5, 5.41) is 0.923. The molecule has 3 aromatic rings. The number of fused-ring (bicyclic) bond motifs is 1. The zero-order valence-electron chi connectivity index (χ0n) is 11.0. The predicted octanol–water partition coefficient (Wildman–Crippen LogP) is 4.15. The molecule has 0 radical (unpaired) electrons. The van der Waals surface area contributed by atoms with E-state index in [1.807, 2.05) is 55.5 Å². The molecule has 1 aromatic heterocycles. The Morgan fingerprint density at radius 1 is 1.05 bits per heavy atom. The number of hydrogen-bond acceptors (Lipinski definition) is 3. The summed E-state index contributed by atoms with van der Waals surface area (Å²) in [5.41, 5.74) is 2.26. The van der Waals surface area contributed by atoms with Gasteiger partial charge in [0.2, 0.25) is 5.88 Å². The third-order valence-corrected chi connectivity index (χ3v) is 3.14. The maximum atomic E-state index is 11.2. The second-order valence-corrected chi connectivity index (χ2v) is 4.56. The molecule has 98 valence electrons. The smallest absolute Gasteiger partial charge is 0.230 e. The number of nitrogens with zero attached hydrogens (tertiary/aromatic N) is 1. The second kappa shape index (κ2) is 5.13. The number of benzene rings is 2. The van der Waals surface area contributed by atoms with E-state index in [0.29, 0.717) is 17.2 Å². The molecule has 3 heteroatoms. The van der Waals surface area contributed by atoms with Crippen LogP contribution in [0.15, 0.2) is 54.6 Å². The van der Waals surface area contributed by atoms with Gasteiger partial charge in [-0.2, -0.15) is 0 Å². The molecule has 0 unspecified atom stereocenters. The maximum absolute atomic E-state index is 11.2. The van der Waals surface area contributed by atoms with E-state index in [1.165, 1.54) is 0 Å². The van der Waals surface area contributed by atoms with Crippen molar-refractivity contribution in [1.29, 1.82) is 0 Å². The quantitative estimate of drug-likeness (QED) is 0.666. The van der Waals surface area contributed by atoms with Crippen LogP contribution in [-0.4, -0.2) is 11.3 Å². The molecule has 3 nitrogen and oxygen atoms in total. The van der Waals surface area contributed by atoms with Gasteiger partial charge < -0.3 is 4.74 Å². The van der Waals surface area contributed by atoms with Crippen molar-refractivity contribution < 1.29 is 9.53 Å². The minimum absolute atomic E-state index is 0.341. The Kier molecular flexibility index (Phi) is 3.17. The van der Waals surface area contributed by atoms with Gasteiger partial charge in [-0.1, -0.05) is 36.4 Å². The Labute approximate surface area is 116 Å². The van der Waals surface area contributed by atoms with Crippen LogP contribution in [0.25, 0.3) is 10.9 Å². The molecule has 3 rings (SSSR count). The van der Waals surface area contributed by atoms with Gasteiger partial charge in [-0.25, -0.2) is 4.98 Å². The molecule has 2 aromatic carbocycles. The Bertz CT molecular complexity index is 781. The predicted molar refractivity (Wildman–Crippen MR) is 78.4 cm³/mol. The highest BCUT2D eigenvalue weighted by Gasteiger charge is 2.09. The number of rotatable bonds is 3. The van der Waals surface area contributed by atoms with Gasteiger partial charge >= 0.3 is 0 Å². The average Bonchev–Trinajstić information content (AvgIpc) is 2.49. The van der Waals surface area contributed by atoms with Crippen molar-refractivity contribution in [3.8, 4) is 11.6 Å². The van der Waals surface area contributed by atoms with Gasteiger partial charge in [0.05, 0.1) is 11.1 Å². The highest BCUT2D eigenvalue weighted by molar-refractivity contribution is 5.88. The molecule has 20 heavy (non-hydrogen) atoms. The topological polar surface area (TPSA) is 39.2 Å². The summed E-state index contributed by atoms with van der Waals surface area (Å²) in [4.78, 5) is 15.7. The first-order valence-electron chi connectivity index (χ1n) is 6.36. The molecule has 0 saturated heterocycles. The zero-order valence-corrected chi connectivity index (χ0v) is 11.0. The van der Waals surface area contributed by atoms with Gasteiger partial charge in [-0.15, -0.1) is 0 Å². The van der Waals surface area contributed by atoms with Crippen molar-refractivity contribution in [3.63, 3.8) is 0 Å². The van der Waals surface area contributed by atoms with Gasteiger partial charge in [-0.3, -0.25) is 4.79 Å². The lowest BCUT2D eigenvalue weighted by Crippen LogP contribution is -1.96. The number of para-hydroxylation sites is 2. The van der Waals surface area contributed by atoms with E-state index in [2.05, 4.69) is 4.98 Å². The Hall–Kier alpha value is -2.68. The molecule has 0 N–H and O–H groups in total. The lowest BCUT2D eigenvalue weighted by Gasteiger charge is -2.10. The van der Waals surface area contributed by atoms with Gasteiger partial charge in [0.25, 0.3) is 0 Å². The lowest BCUT2D eigenvalue weighted by molar-refractivity contribution is 0.112. The third kappa shape index (κ3) is 2.26. The highest BCUT2D eigenvalue weighted by Crippen LogP contribution is 2.27. The molecule has 0 saturated carbocycles. The fraction of sp³-hybridized carbons (Fsp3) is 0.0588. The first-order valence-corrected chi connectivity index (χ1v) is 6.36. The summed E-state index contributed by atoms with van der Waals surface area (Å²) >= 11 is 0. The Balaban J connectivity index is 2.10. The van der Waals surface area contributed by atoms with Crippen LogP contribution in [0.4, 0.5) is 0 Å². The van der Waals surface area contributed by atoms with Crippen molar-refractivity contribution in [3.05, 3.63) is 65.7 Å². The van der Waals surface area contributed by atoms with E-state index in [4.69, 9.17) is 4.74 Å². The standard InChI is InChI=1S/C17H13NO2/c1-12-6-2-5-9-16(12)20-17-14(11-19)10-13-7-3-4-8-15(13)18-17/h2-11H,1H3. The van der Waals surface area contributed by atoms with E-state index in [9.17, 15) is 4.79 Å². The molecule has 0 amide bonds. The van der Waals surface area contributed by atoms with Crippen LogP contribution in [0.3, 0.4) is 0 Å². The second-order valence-electron chi connectivity index (χ2n) is 4.56. The molecular formula is C17H13NO2. The third-order valence-electron chi connectivity index (χ3n) is 3.14. The monoisotopic (exact) mass is 263 g/mol. The molecule has 1 heterocycles. The number of carbonyl (C=O) groups excluding carboxylic acids is 1. The molecule has 0 aliphatic rings. The normalized spacial score (nSPS) is 10.4. The summed E-state index contributed by atoms with van der Waals surface area (Å²) in [6, 6.07) is 17.1. The number of pyridine rings is 1. The molecule has 0 spiro atoms. The van der Waals surface area contributed by atoms with Crippen LogP contribution in [-0.2, 0) is 0 Å². The van der Waals surface area contributed by atoms with Crippen LogP contribution < -0.4 is 4.74 Å². The summed E-state index contributed by atoms with van der Waals surface area (Å²) in [6.45, 7) is 1.96. The molecular weight excluding hydrogens is 250 g/mol. The van der Waals surface area contributed by atoms with E-state index < -0.39 is 0 Å². The summed E-state index contributed by atoms with van der Waals surface area (Å²) in [5.74, 6) is 1.05. The van der Waals surface area contributed by atoms with E-state index in [0.717, 1.165) is 22.8 Å². The molecule has 0 aliphatic carbocycles. The molecule has 0 aliphatic heterocycles. The average molecular weight is 263 g/mol. The number of ether oxygens (including phenoxy) is 1. The van der Waals surface area contributed by atoms with Crippen molar-refractivity contribution in [1.82, 2.24) is 4.98 Å². The van der Waals surface area contributed by atoms with Crippen LogP contribution in [0.5, 0.6) is 11.6 Å². The molecule has 0 atom stereocenters. The first-order chi connectivity index (χ1) is 9.78. The SMILES string of the molecule is Cc1ccccc1Oc1nc2ccccc2cc1C=O. The number of hydrogen-bond donors (Lipinski definition) is 0. The van der Waals surface area contributed by atoms with Crippen LogP contribution in [0, 0.1) is 6.92 Å². The van der Waals surface area contributed by atoms with Crippen molar-refractivity contribution in [2.24, 2.45) is 0 Å². The zero-order chi connectivity index (χ0) is 13.9. The van der Waals surface area contributed by atoms with E-state index >= 15 is 0 Å². The largest absolute Gasteiger partial charge is 0.438 e. The van der Waals surface area contributed by atoms with Crippen LogP contribution >= 0.6 is 0 Å². The summed E-state index contributed by atoms with van der Waals surface area (Å²) in [6.07, 6.45) is 0.771. The summed E-state index contributed by atoms with van der Waals surface area (Å²) < 4.78 is 5.80. The number of aldehydes is 1. The minimum Gasteiger partial charge on any atom is -0.438 e. The Morgan fingerprint density at radius 2 is 1.80 bits per heavy atom. The van der Waals surface area contributed by atoms with Crippen molar-refractivity contribution in [2.75, 3.05) is 0 Å². The van der Waals surface area contributed by atoms with Gasteiger partial charge in [-0.05, 0) is 30.7 Å². The van der Waals surface area contributed by atoms with E-state index in [-0.39, 0.29) is 0 Å². The van der Waals surface area contributed by atoms with Crippen LogP contribution in [0.1, 0.15) is 15.9 Å². The number of aromatic nitrogens is 1. The van der Waals surface area contributed by atoms with Gasteiger partial charge in [0.1, 0.15) is 5.75 Å². The van der Waals surface area contributed by atoms with Gasteiger partial charge in [0, 0.05) is 5.39 Å². The minimum atomic E-state index is 0.341. The fourth-order valence-electron chi connectivity index (χ4n) is 2.06. The molecule has 0 fully saturated rings.